The summed E-state index contributed by atoms with van der Waals surface area (Å²) in [6.07, 6.45) is 4.59. The zero-order chi connectivity index (χ0) is 14.5. The van der Waals surface area contributed by atoms with Gasteiger partial charge in [0.05, 0.1) is 6.07 Å². The maximum absolute atomic E-state index is 12.6. The third-order valence-corrected chi connectivity index (χ3v) is 4.83. The van der Waals surface area contributed by atoms with Crippen molar-refractivity contribution < 1.29 is 4.79 Å². The summed E-state index contributed by atoms with van der Waals surface area (Å²) in [4.78, 5) is 14.6. The molecule has 1 unspecified atom stereocenters. The second-order valence-electron chi connectivity index (χ2n) is 6.13. The minimum absolute atomic E-state index is 0.0596. The van der Waals surface area contributed by atoms with E-state index in [-0.39, 0.29) is 5.91 Å². The number of nitriles is 1. The average molecular weight is 264 g/mol. The van der Waals surface area contributed by atoms with Gasteiger partial charge in [-0.3, -0.25) is 4.79 Å². The van der Waals surface area contributed by atoms with Crippen LogP contribution in [-0.2, 0) is 4.79 Å². The highest BCUT2D eigenvalue weighted by atomic mass is 16.2. The molecule has 3 heteroatoms. The Morgan fingerprint density at radius 2 is 1.95 bits per heavy atom. The molecule has 0 spiro atoms. The van der Waals surface area contributed by atoms with Gasteiger partial charge in [-0.15, -0.1) is 0 Å². The molecule has 0 aliphatic carbocycles. The van der Waals surface area contributed by atoms with Gasteiger partial charge in [0.15, 0.2) is 0 Å². The molecular formula is C16H28N2O. The standard InChI is InChI=1S/C16H28N2O/c1-5-16(6-2,12-17)15(19)18-10-7-8-14(9-11-18)13(3)4/h13-14H,5-11H2,1-4H3. The van der Waals surface area contributed by atoms with Crippen molar-refractivity contribution in [3.8, 4) is 6.07 Å². The van der Waals surface area contributed by atoms with Crippen LogP contribution >= 0.6 is 0 Å². The highest BCUT2D eigenvalue weighted by Gasteiger charge is 2.38. The molecular weight excluding hydrogens is 236 g/mol. The zero-order valence-corrected chi connectivity index (χ0v) is 12.9. The topological polar surface area (TPSA) is 44.1 Å². The number of hydrogen-bond donors (Lipinski definition) is 0. The largest absolute Gasteiger partial charge is 0.341 e. The summed E-state index contributed by atoms with van der Waals surface area (Å²) in [6.45, 7) is 10.1. The number of carbonyl (C=O) groups is 1. The predicted molar refractivity (Wildman–Crippen MR) is 77.4 cm³/mol. The van der Waals surface area contributed by atoms with Crippen LogP contribution in [0.4, 0.5) is 0 Å². The number of amides is 1. The van der Waals surface area contributed by atoms with E-state index < -0.39 is 5.41 Å². The summed E-state index contributed by atoms with van der Waals surface area (Å²) in [6, 6.07) is 2.28. The Kier molecular flexibility index (Phi) is 5.85. The first kappa shape index (κ1) is 16.0. The number of nitrogens with zero attached hydrogens (tertiary/aromatic N) is 2. The fourth-order valence-electron chi connectivity index (χ4n) is 3.05. The second-order valence-corrected chi connectivity index (χ2v) is 6.13. The van der Waals surface area contributed by atoms with Gasteiger partial charge in [0.2, 0.25) is 5.91 Å². The molecule has 0 radical (unpaired) electrons. The van der Waals surface area contributed by atoms with Gasteiger partial charge >= 0.3 is 0 Å². The van der Waals surface area contributed by atoms with Crippen molar-refractivity contribution in [3.63, 3.8) is 0 Å². The van der Waals surface area contributed by atoms with Crippen molar-refractivity contribution in [1.29, 1.82) is 5.26 Å². The lowest BCUT2D eigenvalue weighted by atomic mass is 9.82. The summed E-state index contributed by atoms with van der Waals surface area (Å²) in [5.74, 6) is 1.47. The van der Waals surface area contributed by atoms with E-state index in [1.54, 1.807) is 0 Å². The molecule has 1 rings (SSSR count). The molecule has 1 amide bonds. The molecule has 0 aromatic heterocycles. The van der Waals surface area contributed by atoms with Gasteiger partial charge in [0.1, 0.15) is 5.41 Å². The molecule has 1 saturated heterocycles. The Hall–Kier alpha value is -1.04. The first-order valence-corrected chi connectivity index (χ1v) is 7.71. The SMILES string of the molecule is CCC(C#N)(CC)C(=O)N1CCCC(C(C)C)CC1. The first-order chi connectivity index (χ1) is 9.00. The van der Waals surface area contributed by atoms with Crippen LogP contribution < -0.4 is 0 Å². The third kappa shape index (κ3) is 3.49. The van der Waals surface area contributed by atoms with Gasteiger partial charge in [-0.25, -0.2) is 0 Å². The normalized spacial score (nSPS) is 21.1. The molecule has 1 atom stereocenters. The number of carbonyl (C=O) groups excluding carboxylic acids is 1. The Labute approximate surface area is 118 Å². The third-order valence-electron chi connectivity index (χ3n) is 4.83. The maximum Gasteiger partial charge on any atom is 0.243 e. The first-order valence-electron chi connectivity index (χ1n) is 7.71. The summed E-state index contributed by atoms with van der Waals surface area (Å²) in [5.41, 5.74) is -0.794. The van der Waals surface area contributed by atoms with Crippen LogP contribution in [0.25, 0.3) is 0 Å². The molecule has 108 valence electrons. The van der Waals surface area contributed by atoms with Crippen molar-refractivity contribution in [1.82, 2.24) is 4.90 Å². The molecule has 1 aliphatic heterocycles. The van der Waals surface area contributed by atoms with Crippen molar-refractivity contribution >= 4 is 5.91 Å². The lowest BCUT2D eigenvalue weighted by Crippen LogP contribution is -2.43. The van der Waals surface area contributed by atoms with E-state index in [9.17, 15) is 10.1 Å². The maximum atomic E-state index is 12.6. The lowest BCUT2D eigenvalue weighted by Gasteiger charge is -2.30. The van der Waals surface area contributed by atoms with E-state index in [1.807, 2.05) is 18.7 Å². The smallest absolute Gasteiger partial charge is 0.243 e. The molecule has 1 heterocycles. The van der Waals surface area contributed by atoms with Crippen LogP contribution in [0.5, 0.6) is 0 Å². The molecule has 1 fully saturated rings. The van der Waals surface area contributed by atoms with Gasteiger partial charge in [0, 0.05) is 13.1 Å². The van der Waals surface area contributed by atoms with E-state index in [1.165, 1.54) is 6.42 Å². The molecule has 19 heavy (non-hydrogen) atoms. The van der Waals surface area contributed by atoms with Crippen molar-refractivity contribution in [2.24, 2.45) is 17.3 Å². The van der Waals surface area contributed by atoms with Crippen LogP contribution in [0.3, 0.4) is 0 Å². The predicted octanol–water partition coefficient (Wildman–Crippen LogP) is 3.60. The lowest BCUT2D eigenvalue weighted by molar-refractivity contribution is -0.139. The van der Waals surface area contributed by atoms with Crippen molar-refractivity contribution in [2.45, 2.75) is 59.8 Å². The van der Waals surface area contributed by atoms with E-state index in [0.717, 1.165) is 31.8 Å². The fourth-order valence-corrected chi connectivity index (χ4v) is 3.05. The van der Waals surface area contributed by atoms with Gasteiger partial charge < -0.3 is 4.90 Å². The molecule has 0 N–H and O–H groups in total. The minimum Gasteiger partial charge on any atom is -0.341 e. The molecule has 0 saturated carbocycles. The molecule has 3 nitrogen and oxygen atoms in total. The Bertz CT molecular complexity index is 339. The highest BCUT2D eigenvalue weighted by molar-refractivity contribution is 5.85. The molecule has 0 aromatic rings. The highest BCUT2D eigenvalue weighted by Crippen LogP contribution is 2.31. The number of likely N-dealkylation sites (tertiary alicyclic amines) is 1. The van der Waals surface area contributed by atoms with Crippen LogP contribution in [0.2, 0.25) is 0 Å². The van der Waals surface area contributed by atoms with Crippen LogP contribution in [0.1, 0.15) is 59.8 Å². The van der Waals surface area contributed by atoms with Gasteiger partial charge in [-0.1, -0.05) is 27.7 Å². The summed E-state index contributed by atoms with van der Waals surface area (Å²) in [7, 11) is 0. The second kappa shape index (κ2) is 6.93. The summed E-state index contributed by atoms with van der Waals surface area (Å²) >= 11 is 0. The van der Waals surface area contributed by atoms with E-state index >= 15 is 0 Å². The average Bonchev–Trinajstić information content (AvgIpc) is 2.67. The molecule has 1 aliphatic rings. The minimum atomic E-state index is -0.794. The van der Waals surface area contributed by atoms with Crippen LogP contribution in [-0.4, -0.2) is 23.9 Å². The monoisotopic (exact) mass is 264 g/mol. The fraction of sp³-hybridized carbons (Fsp3) is 0.875. The van der Waals surface area contributed by atoms with Gasteiger partial charge in [0.25, 0.3) is 0 Å². The summed E-state index contributed by atoms with van der Waals surface area (Å²) in [5, 5.41) is 9.39. The zero-order valence-electron chi connectivity index (χ0n) is 12.9. The molecule has 0 aromatic carbocycles. The Balaban J connectivity index is 2.76. The number of hydrogen-bond acceptors (Lipinski definition) is 2. The van der Waals surface area contributed by atoms with Crippen LogP contribution in [0.15, 0.2) is 0 Å². The summed E-state index contributed by atoms with van der Waals surface area (Å²) < 4.78 is 0. The van der Waals surface area contributed by atoms with Crippen molar-refractivity contribution in [3.05, 3.63) is 0 Å². The van der Waals surface area contributed by atoms with Crippen LogP contribution in [0, 0.1) is 28.6 Å². The number of rotatable bonds is 4. The van der Waals surface area contributed by atoms with Crippen molar-refractivity contribution in [2.75, 3.05) is 13.1 Å². The Morgan fingerprint density at radius 1 is 1.32 bits per heavy atom. The quantitative estimate of drug-likeness (QED) is 0.778. The Morgan fingerprint density at radius 3 is 2.42 bits per heavy atom. The van der Waals surface area contributed by atoms with E-state index in [4.69, 9.17) is 0 Å². The van der Waals surface area contributed by atoms with Gasteiger partial charge in [-0.05, 0) is 43.9 Å². The van der Waals surface area contributed by atoms with Gasteiger partial charge in [-0.2, -0.15) is 5.26 Å². The van der Waals surface area contributed by atoms with E-state index in [0.29, 0.717) is 18.8 Å². The molecule has 0 bridgehead atoms. The van der Waals surface area contributed by atoms with E-state index in [2.05, 4.69) is 19.9 Å².